The Kier molecular flexibility index (Phi) is 7.54. The average molecular weight is 285 g/mol. The molecule has 2 amide bonds. The molecular formula is C14H27N3O3. The fourth-order valence-corrected chi connectivity index (χ4v) is 1.94. The molecule has 0 aromatic carbocycles. The molecule has 6 nitrogen and oxygen atoms in total. The second-order valence-electron chi connectivity index (χ2n) is 5.71. The van der Waals surface area contributed by atoms with Gasteiger partial charge in [-0.25, -0.2) is 0 Å². The van der Waals surface area contributed by atoms with E-state index in [0.29, 0.717) is 12.5 Å². The van der Waals surface area contributed by atoms with Gasteiger partial charge in [-0.15, -0.1) is 0 Å². The number of carbonyl (C=O) groups is 2. The number of nitrogens with zero attached hydrogens (tertiary/aromatic N) is 1. The summed E-state index contributed by atoms with van der Waals surface area (Å²) in [6.45, 7) is 6.70. The van der Waals surface area contributed by atoms with Crippen LogP contribution in [0.4, 0.5) is 0 Å². The number of carbonyl (C=O) groups excluding carboxylic acids is 2. The van der Waals surface area contributed by atoms with E-state index in [0.717, 1.165) is 25.9 Å². The van der Waals surface area contributed by atoms with E-state index in [9.17, 15) is 9.59 Å². The van der Waals surface area contributed by atoms with Crippen molar-refractivity contribution >= 4 is 11.8 Å². The Balaban J connectivity index is 2.19. The minimum atomic E-state index is -0.150. The number of piperidine rings is 1. The molecule has 1 aliphatic heterocycles. The lowest BCUT2D eigenvalue weighted by atomic mass is 10.1. The summed E-state index contributed by atoms with van der Waals surface area (Å²) < 4.78 is 5.58. The van der Waals surface area contributed by atoms with Crippen LogP contribution in [-0.2, 0) is 14.3 Å². The van der Waals surface area contributed by atoms with Crippen molar-refractivity contribution in [1.29, 1.82) is 0 Å². The fourth-order valence-electron chi connectivity index (χ4n) is 1.94. The zero-order valence-electron chi connectivity index (χ0n) is 12.8. The lowest BCUT2D eigenvalue weighted by Crippen LogP contribution is -2.41. The first-order valence-electron chi connectivity index (χ1n) is 7.32. The topological polar surface area (TPSA) is 70.7 Å². The van der Waals surface area contributed by atoms with Crippen molar-refractivity contribution in [3.8, 4) is 0 Å². The molecule has 2 N–H and O–H groups in total. The first-order valence-corrected chi connectivity index (χ1v) is 7.32. The van der Waals surface area contributed by atoms with Gasteiger partial charge < -0.3 is 20.3 Å². The summed E-state index contributed by atoms with van der Waals surface area (Å²) in [5.74, 6) is 0.128. The molecule has 1 heterocycles. The number of hydrogen-bond acceptors (Lipinski definition) is 4. The first kappa shape index (κ1) is 16.9. The van der Waals surface area contributed by atoms with E-state index in [4.69, 9.17) is 4.74 Å². The van der Waals surface area contributed by atoms with Crippen molar-refractivity contribution in [3.05, 3.63) is 0 Å². The molecule has 0 saturated carbocycles. The maximum absolute atomic E-state index is 11.9. The second-order valence-corrected chi connectivity index (χ2v) is 5.71. The van der Waals surface area contributed by atoms with E-state index in [-0.39, 0.29) is 31.1 Å². The first-order chi connectivity index (χ1) is 9.49. The van der Waals surface area contributed by atoms with Gasteiger partial charge in [0.25, 0.3) is 0 Å². The van der Waals surface area contributed by atoms with Gasteiger partial charge in [0, 0.05) is 13.6 Å². The number of ether oxygens (including phenoxy) is 1. The number of likely N-dealkylation sites (N-methyl/N-ethyl adjacent to an activating group) is 1. The standard InChI is InChI=1S/C14H27N3O3/c1-11(2)8-16-13(18)9-17(3)14(19)10-20-12-4-6-15-7-5-12/h11-12,15H,4-10H2,1-3H3,(H,16,18). The number of amides is 2. The van der Waals surface area contributed by atoms with E-state index < -0.39 is 0 Å². The lowest BCUT2D eigenvalue weighted by molar-refractivity contribution is -0.140. The highest BCUT2D eigenvalue weighted by Crippen LogP contribution is 2.07. The van der Waals surface area contributed by atoms with Crippen LogP contribution in [0.5, 0.6) is 0 Å². The molecular weight excluding hydrogens is 258 g/mol. The summed E-state index contributed by atoms with van der Waals surface area (Å²) in [7, 11) is 1.63. The summed E-state index contributed by atoms with van der Waals surface area (Å²) in [5.41, 5.74) is 0. The summed E-state index contributed by atoms with van der Waals surface area (Å²) in [6.07, 6.45) is 2.03. The van der Waals surface area contributed by atoms with E-state index in [1.165, 1.54) is 4.90 Å². The fraction of sp³-hybridized carbons (Fsp3) is 0.857. The molecule has 0 spiro atoms. The molecule has 0 atom stereocenters. The SMILES string of the molecule is CC(C)CNC(=O)CN(C)C(=O)COC1CCNCC1. The average Bonchev–Trinajstić information content (AvgIpc) is 2.43. The summed E-state index contributed by atoms with van der Waals surface area (Å²) >= 11 is 0. The van der Waals surface area contributed by atoms with Crippen LogP contribution in [0.1, 0.15) is 26.7 Å². The molecule has 0 unspecified atom stereocenters. The molecule has 116 valence electrons. The molecule has 1 rings (SSSR count). The summed E-state index contributed by atoms with van der Waals surface area (Å²) in [5, 5.41) is 6.04. The van der Waals surface area contributed by atoms with Crippen LogP contribution in [0.3, 0.4) is 0 Å². The lowest BCUT2D eigenvalue weighted by Gasteiger charge is -2.24. The highest BCUT2D eigenvalue weighted by Gasteiger charge is 2.17. The van der Waals surface area contributed by atoms with Crippen molar-refractivity contribution in [3.63, 3.8) is 0 Å². The zero-order chi connectivity index (χ0) is 15.0. The van der Waals surface area contributed by atoms with Gasteiger partial charge in [-0.1, -0.05) is 13.8 Å². The van der Waals surface area contributed by atoms with Crippen LogP contribution >= 0.6 is 0 Å². The molecule has 20 heavy (non-hydrogen) atoms. The van der Waals surface area contributed by atoms with Crippen LogP contribution < -0.4 is 10.6 Å². The van der Waals surface area contributed by atoms with Crippen molar-refractivity contribution in [2.75, 3.05) is 39.8 Å². The quantitative estimate of drug-likeness (QED) is 0.690. The Morgan fingerprint density at radius 2 is 2.00 bits per heavy atom. The van der Waals surface area contributed by atoms with Gasteiger partial charge >= 0.3 is 0 Å². The van der Waals surface area contributed by atoms with Crippen LogP contribution in [0.2, 0.25) is 0 Å². The predicted molar refractivity (Wildman–Crippen MR) is 77.3 cm³/mol. The Labute approximate surface area is 121 Å². The van der Waals surface area contributed by atoms with Crippen LogP contribution in [-0.4, -0.2) is 62.7 Å². The van der Waals surface area contributed by atoms with Crippen molar-refractivity contribution < 1.29 is 14.3 Å². The van der Waals surface area contributed by atoms with Gasteiger partial charge in [0.2, 0.25) is 11.8 Å². The largest absolute Gasteiger partial charge is 0.368 e. The Bertz CT molecular complexity index is 315. The smallest absolute Gasteiger partial charge is 0.248 e. The minimum absolute atomic E-state index is 0.0542. The van der Waals surface area contributed by atoms with Gasteiger partial charge in [0.1, 0.15) is 6.61 Å². The highest BCUT2D eigenvalue weighted by molar-refractivity contribution is 5.85. The summed E-state index contributed by atoms with van der Waals surface area (Å²) in [6, 6.07) is 0. The zero-order valence-corrected chi connectivity index (χ0v) is 12.8. The maximum atomic E-state index is 11.9. The monoisotopic (exact) mass is 285 g/mol. The third-order valence-electron chi connectivity index (χ3n) is 3.24. The third kappa shape index (κ3) is 6.86. The molecule has 6 heteroatoms. The van der Waals surface area contributed by atoms with E-state index in [1.54, 1.807) is 7.05 Å². The van der Waals surface area contributed by atoms with Crippen LogP contribution in [0, 0.1) is 5.92 Å². The Morgan fingerprint density at radius 1 is 1.35 bits per heavy atom. The van der Waals surface area contributed by atoms with Crippen molar-refractivity contribution in [2.24, 2.45) is 5.92 Å². The Morgan fingerprint density at radius 3 is 2.60 bits per heavy atom. The molecule has 1 saturated heterocycles. The van der Waals surface area contributed by atoms with Gasteiger partial charge in [0.15, 0.2) is 0 Å². The molecule has 1 aliphatic rings. The molecule has 0 aliphatic carbocycles. The number of rotatable bonds is 7. The Hall–Kier alpha value is -1.14. The number of hydrogen-bond donors (Lipinski definition) is 2. The predicted octanol–water partition coefficient (Wildman–Crippen LogP) is -0.0144. The van der Waals surface area contributed by atoms with Gasteiger partial charge in [-0.3, -0.25) is 9.59 Å². The number of nitrogens with one attached hydrogen (secondary N) is 2. The van der Waals surface area contributed by atoms with Crippen molar-refractivity contribution in [1.82, 2.24) is 15.5 Å². The van der Waals surface area contributed by atoms with Crippen LogP contribution in [0.15, 0.2) is 0 Å². The molecule has 0 bridgehead atoms. The van der Waals surface area contributed by atoms with Gasteiger partial charge in [-0.05, 0) is 31.8 Å². The highest BCUT2D eigenvalue weighted by atomic mass is 16.5. The normalized spacial score (nSPS) is 16.2. The van der Waals surface area contributed by atoms with Crippen LogP contribution in [0.25, 0.3) is 0 Å². The van der Waals surface area contributed by atoms with Gasteiger partial charge in [0.05, 0.1) is 12.6 Å². The molecule has 1 fully saturated rings. The maximum Gasteiger partial charge on any atom is 0.248 e. The van der Waals surface area contributed by atoms with Crippen molar-refractivity contribution in [2.45, 2.75) is 32.8 Å². The van der Waals surface area contributed by atoms with E-state index in [2.05, 4.69) is 10.6 Å². The molecule has 0 aromatic rings. The summed E-state index contributed by atoms with van der Waals surface area (Å²) in [4.78, 5) is 24.9. The van der Waals surface area contributed by atoms with Gasteiger partial charge in [-0.2, -0.15) is 0 Å². The minimum Gasteiger partial charge on any atom is -0.368 e. The molecule has 0 radical (unpaired) electrons. The molecule has 0 aromatic heterocycles. The third-order valence-corrected chi connectivity index (χ3v) is 3.24. The van der Waals surface area contributed by atoms with E-state index in [1.807, 2.05) is 13.8 Å². The second kappa shape index (κ2) is 8.92. The van der Waals surface area contributed by atoms with E-state index >= 15 is 0 Å².